The minimum atomic E-state index is -1.45. The van der Waals surface area contributed by atoms with Crippen LogP contribution in [0.4, 0.5) is 0 Å². The highest BCUT2D eigenvalue weighted by Gasteiger charge is 2.20. The van der Waals surface area contributed by atoms with Gasteiger partial charge in [-0.25, -0.2) is 9.97 Å². The van der Waals surface area contributed by atoms with E-state index in [1.807, 2.05) is 66.7 Å². The fourth-order valence-electron chi connectivity index (χ4n) is 17.6. The van der Waals surface area contributed by atoms with Gasteiger partial charge in [0, 0.05) is 27.0 Å². The van der Waals surface area contributed by atoms with E-state index in [4.69, 9.17) is 9.97 Å². The Morgan fingerprint density at radius 3 is 0.958 bits per heavy atom. The average Bonchev–Trinajstić information content (AvgIpc) is 1.30. The van der Waals surface area contributed by atoms with Gasteiger partial charge in [-0.05, 0) is 266 Å². The number of para-hydroxylation sites is 6. The summed E-state index contributed by atoms with van der Waals surface area (Å²) in [6.45, 7) is 0. The fourth-order valence-corrected chi connectivity index (χ4v) is 17.9. The van der Waals surface area contributed by atoms with Gasteiger partial charge in [0.1, 0.15) is 11.6 Å². The maximum absolute atomic E-state index is 9.52. The molecule has 0 aliphatic heterocycles. The number of fused-ring (bicyclic) bond motifs is 18. The molecule has 22 aromatic carbocycles. The zero-order valence-electron chi connectivity index (χ0n) is 64.1. The summed E-state index contributed by atoms with van der Waals surface area (Å²) >= 11 is 3.49. The van der Waals surface area contributed by atoms with Crippen LogP contribution in [-0.2, 0) is 0 Å². The molecule has 0 saturated carbocycles. The second-order valence-corrected chi connectivity index (χ2v) is 31.2. The minimum absolute atomic E-state index is 0.544. The quantitative estimate of drug-likeness (QED) is 0.0947. The lowest BCUT2D eigenvalue weighted by atomic mass is 9.77. The molecule has 0 atom stereocenters. The van der Waals surface area contributed by atoms with Crippen LogP contribution < -0.4 is 5.46 Å². The molecular formula is C110H72BBrN4O2. The molecule has 0 unspecified atom stereocenters. The fraction of sp³-hybridized carbons (Fsp3) is 0. The van der Waals surface area contributed by atoms with Crippen molar-refractivity contribution in [3.8, 4) is 56.4 Å². The van der Waals surface area contributed by atoms with Gasteiger partial charge in [-0.3, -0.25) is 9.13 Å². The summed E-state index contributed by atoms with van der Waals surface area (Å²) in [6, 6.07) is 150. The highest BCUT2D eigenvalue weighted by Crippen LogP contribution is 2.42. The molecule has 0 amide bonds. The zero-order valence-corrected chi connectivity index (χ0v) is 65.6. The van der Waals surface area contributed by atoms with E-state index in [-0.39, 0.29) is 0 Å². The van der Waals surface area contributed by atoms with Crippen molar-refractivity contribution in [2.75, 3.05) is 0 Å². The van der Waals surface area contributed by atoms with E-state index >= 15 is 0 Å². The molecule has 0 bridgehead atoms. The van der Waals surface area contributed by atoms with E-state index in [9.17, 15) is 10.0 Å². The number of aromatic nitrogens is 4. The number of hydrogen-bond acceptors (Lipinski definition) is 4. The molecule has 118 heavy (non-hydrogen) atoms. The van der Waals surface area contributed by atoms with Crippen LogP contribution in [0.25, 0.3) is 208 Å². The van der Waals surface area contributed by atoms with Crippen molar-refractivity contribution in [3.05, 3.63) is 429 Å². The predicted octanol–water partition coefficient (Wildman–Crippen LogP) is 28.4. The van der Waals surface area contributed by atoms with Crippen molar-refractivity contribution in [3.63, 3.8) is 0 Å². The zero-order chi connectivity index (χ0) is 78.7. The van der Waals surface area contributed by atoms with Gasteiger partial charge < -0.3 is 10.0 Å². The molecular weight excluding hydrogens is 1500 g/mol. The lowest BCUT2D eigenvalue weighted by molar-refractivity contribution is 0.426. The summed E-state index contributed by atoms with van der Waals surface area (Å²) in [7, 11) is -1.45. The Kier molecular flexibility index (Phi) is 18.3. The second-order valence-electron chi connectivity index (χ2n) is 30.2. The van der Waals surface area contributed by atoms with Crippen LogP contribution in [0.1, 0.15) is 0 Å². The van der Waals surface area contributed by atoms with Crippen LogP contribution in [0.2, 0.25) is 0 Å². The smallest absolute Gasteiger partial charge is 0.423 e. The molecule has 6 nitrogen and oxygen atoms in total. The van der Waals surface area contributed by atoms with Crippen LogP contribution >= 0.6 is 15.9 Å². The monoisotopic (exact) mass is 1570 g/mol. The minimum Gasteiger partial charge on any atom is -0.423 e. The molecule has 2 aromatic heterocycles. The highest BCUT2D eigenvalue weighted by atomic mass is 79.9. The number of nitrogens with zero attached hydrogens (tertiary/aromatic N) is 4. The van der Waals surface area contributed by atoms with Crippen molar-refractivity contribution >= 4 is 180 Å². The maximum Gasteiger partial charge on any atom is 0.489 e. The summed E-state index contributed by atoms with van der Waals surface area (Å²) in [5.41, 5.74) is 14.2. The lowest BCUT2D eigenvalue weighted by Crippen LogP contribution is -2.30. The standard InChI is InChI=1S/C37H24N2.C36H22.C19H13BrN2.C18H13BO2/c1-2-11-30(12-3-1)39-36-16-7-6-15-35(36)38-37(39)27-20-17-26(18-21-27)32-14-8-10-28-23-34-29(24-33(28)32)22-19-25-9-4-5-13-31(25)34;1-3-11-29-23(7-1)16-18-28-21-34-26(20-33(28)29)10-6-13-31(34)32-14-5-9-25-19-27-17-15-24-8-2-4-12-30(24)35(27)22-36(25)32;20-15-12-10-14(11-13-15)19-21-17-8-4-5-9-18(17)22(19)16-6-2-1-3-7-16;20-19(21)18-7-3-5-13-10-16-14(11-17(13)18)9-8-12-4-1-2-6-15(12)16/h1-24H;1-22H;1-13H;1-11,20-21H. The largest absolute Gasteiger partial charge is 0.489 e. The molecule has 8 heteroatoms. The summed E-state index contributed by atoms with van der Waals surface area (Å²) in [5.74, 6) is 1.91. The van der Waals surface area contributed by atoms with Crippen molar-refractivity contribution in [1.82, 2.24) is 19.1 Å². The summed E-state index contributed by atoms with van der Waals surface area (Å²) in [5, 5.41) is 48.9. The first-order chi connectivity index (χ1) is 58.2. The molecule has 0 aliphatic rings. The van der Waals surface area contributed by atoms with E-state index in [0.717, 1.165) is 76.8 Å². The van der Waals surface area contributed by atoms with Gasteiger partial charge in [0.25, 0.3) is 0 Å². The van der Waals surface area contributed by atoms with Crippen LogP contribution in [-0.4, -0.2) is 36.3 Å². The Hall–Kier alpha value is -14.6. The molecule has 0 aliphatic carbocycles. The van der Waals surface area contributed by atoms with Gasteiger partial charge in [0.2, 0.25) is 0 Å². The molecule has 0 saturated heterocycles. The Labute approximate surface area is 689 Å². The lowest BCUT2D eigenvalue weighted by Gasteiger charge is -2.14. The third-order valence-corrected chi connectivity index (χ3v) is 23.8. The van der Waals surface area contributed by atoms with Crippen LogP contribution in [0, 0.1) is 0 Å². The number of halogens is 1. The molecule has 554 valence electrons. The molecule has 2 N–H and O–H groups in total. The number of hydrogen-bond donors (Lipinski definition) is 2. The predicted molar refractivity (Wildman–Crippen MR) is 504 cm³/mol. The third-order valence-electron chi connectivity index (χ3n) is 23.3. The van der Waals surface area contributed by atoms with E-state index < -0.39 is 7.12 Å². The summed E-state index contributed by atoms with van der Waals surface area (Å²) in [4.78, 5) is 9.87. The maximum atomic E-state index is 9.52. The Bertz CT molecular complexity index is 8040. The molecule has 24 rings (SSSR count). The van der Waals surface area contributed by atoms with Gasteiger partial charge >= 0.3 is 7.12 Å². The second kappa shape index (κ2) is 30.3. The summed E-state index contributed by atoms with van der Waals surface area (Å²) in [6.07, 6.45) is 0. The van der Waals surface area contributed by atoms with Crippen molar-refractivity contribution in [1.29, 1.82) is 0 Å². The Morgan fingerprint density at radius 1 is 0.212 bits per heavy atom. The first-order valence-corrected chi connectivity index (χ1v) is 40.7. The van der Waals surface area contributed by atoms with Gasteiger partial charge in [-0.15, -0.1) is 0 Å². The van der Waals surface area contributed by atoms with Crippen LogP contribution in [0.5, 0.6) is 0 Å². The number of rotatable bonds is 7. The topological polar surface area (TPSA) is 76.1 Å². The van der Waals surface area contributed by atoms with Gasteiger partial charge in [-0.2, -0.15) is 0 Å². The van der Waals surface area contributed by atoms with Gasteiger partial charge in [0.15, 0.2) is 0 Å². The normalized spacial score (nSPS) is 11.5. The van der Waals surface area contributed by atoms with Crippen molar-refractivity contribution in [2.45, 2.75) is 0 Å². The molecule has 0 fully saturated rings. The molecule has 2 heterocycles. The molecule has 0 spiro atoms. The van der Waals surface area contributed by atoms with Crippen LogP contribution in [0.15, 0.2) is 429 Å². The van der Waals surface area contributed by atoms with Crippen LogP contribution in [0.3, 0.4) is 0 Å². The Morgan fingerprint density at radius 2 is 0.508 bits per heavy atom. The SMILES string of the molecule is Brc1ccc(-c2nc3ccccc3n2-c2ccccc2)cc1.OB(O)c1cccc2cc3c(ccc4ccccc43)cc12.c1cc(-c2cccc3cc4ccc5ccccc5c4cc23)c2cc3ccc4ccccc4c3cc2c1.c1ccc(-n2c(-c3ccc(-c4cccc5cc6c(ccc7ccccc76)cc45)cc3)nc3ccccc32)cc1. The molecule has 0 radical (unpaired) electrons. The van der Waals surface area contributed by atoms with E-state index in [1.54, 1.807) is 6.07 Å². The molecule has 24 aromatic rings. The highest BCUT2D eigenvalue weighted by molar-refractivity contribution is 9.10. The third kappa shape index (κ3) is 13.1. The average molecular weight is 1570 g/mol. The van der Waals surface area contributed by atoms with E-state index in [2.05, 4.69) is 377 Å². The van der Waals surface area contributed by atoms with Crippen molar-refractivity contribution < 1.29 is 10.0 Å². The van der Waals surface area contributed by atoms with Gasteiger partial charge in [0.05, 0.1) is 22.1 Å². The number of benzene rings is 22. The van der Waals surface area contributed by atoms with Gasteiger partial charge in [-0.1, -0.05) is 331 Å². The van der Waals surface area contributed by atoms with E-state index in [0.29, 0.717) is 5.46 Å². The first kappa shape index (κ1) is 71.2. The summed E-state index contributed by atoms with van der Waals surface area (Å²) < 4.78 is 5.52. The van der Waals surface area contributed by atoms with E-state index in [1.165, 1.54) is 135 Å². The Balaban J connectivity index is 0.000000101. The number of imidazole rings is 2. The van der Waals surface area contributed by atoms with Crippen molar-refractivity contribution in [2.24, 2.45) is 0 Å². The first-order valence-electron chi connectivity index (χ1n) is 39.9.